The third kappa shape index (κ3) is 4.44. The molecule has 0 atom stereocenters. The van der Waals surface area contributed by atoms with Crippen LogP contribution in [0.4, 0.5) is 4.39 Å². The van der Waals surface area contributed by atoms with Crippen LogP contribution in [0.3, 0.4) is 0 Å². The highest BCUT2D eigenvalue weighted by molar-refractivity contribution is 5.85. The van der Waals surface area contributed by atoms with Crippen molar-refractivity contribution >= 4 is 12.4 Å². The van der Waals surface area contributed by atoms with Gasteiger partial charge in [-0.05, 0) is 35.4 Å². The predicted molar refractivity (Wildman–Crippen MR) is 85.8 cm³/mol. The highest BCUT2D eigenvalue weighted by Gasteiger charge is 2.09. The molecule has 2 aromatic rings. The molecular formula is C17H19ClFNO2. The minimum Gasteiger partial charge on any atom is -0.492 e. The van der Waals surface area contributed by atoms with Gasteiger partial charge in [0.15, 0.2) is 0 Å². The number of ether oxygens (including phenoxy) is 2. The lowest BCUT2D eigenvalue weighted by atomic mass is 10.1. The van der Waals surface area contributed by atoms with Crippen molar-refractivity contribution in [3.05, 3.63) is 65.0 Å². The van der Waals surface area contributed by atoms with Crippen LogP contribution >= 0.6 is 12.4 Å². The van der Waals surface area contributed by atoms with Gasteiger partial charge in [-0.25, -0.2) is 4.39 Å². The molecule has 3 rings (SSSR count). The molecule has 0 fully saturated rings. The molecule has 0 aromatic heterocycles. The maximum Gasteiger partial charge on any atom is 0.123 e. The number of hydrogen-bond acceptors (Lipinski definition) is 3. The fourth-order valence-electron chi connectivity index (χ4n) is 2.37. The number of nitrogens with one attached hydrogen (secondary N) is 1. The minimum absolute atomic E-state index is 0. The minimum atomic E-state index is -0.232. The summed E-state index contributed by atoms with van der Waals surface area (Å²) in [4.78, 5) is 0. The van der Waals surface area contributed by atoms with Crippen LogP contribution in [0.25, 0.3) is 0 Å². The molecule has 0 saturated carbocycles. The summed E-state index contributed by atoms with van der Waals surface area (Å²) in [5.41, 5.74) is 3.09. The van der Waals surface area contributed by atoms with Crippen LogP contribution in [0.1, 0.15) is 16.7 Å². The first-order valence-corrected chi connectivity index (χ1v) is 7.09. The standard InChI is InChI=1S/C17H18FNO2.ClH/c18-16-3-1-2-13(9-16)11-20-12-14-4-5-17-15(8-14)10-19-6-7-21-17;/h1-5,8-9,19H,6-7,10-12H2;1H. The van der Waals surface area contributed by atoms with E-state index in [1.165, 1.54) is 12.1 Å². The smallest absolute Gasteiger partial charge is 0.123 e. The normalized spacial score (nSPS) is 13.5. The van der Waals surface area contributed by atoms with Gasteiger partial charge in [-0.15, -0.1) is 12.4 Å². The van der Waals surface area contributed by atoms with E-state index in [1.807, 2.05) is 18.2 Å². The maximum absolute atomic E-state index is 13.1. The van der Waals surface area contributed by atoms with Crippen LogP contribution in [-0.2, 0) is 24.5 Å². The third-order valence-electron chi connectivity index (χ3n) is 3.40. The number of rotatable bonds is 4. The Bertz CT molecular complexity index is 621. The van der Waals surface area contributed by atoms with Crippen LogP contribution in [0.2, 0.25) is 0 Å². The zero-order valence-corrected chi connectivity index (χ0v) is 13.0. The van der Waals surface area contributed by atoms with Gasteiger partial charge in [-0.1, -0.05) is 18.2 Å². The summed E-state index contributed by atoms with van der Waals surface area (Å²) in [6.07, 6.45) is 0. The Morgan fingerprint density at radius 1 is 1.09 bits per heavy atom. The summed E-state index contributed by atoms with van der Waals surface area (Å²) < 4.78 is 24.4. The zero-order chi connectivity index (χ0) is 14.5. The Labute approximate surface area is 135 Å². The molecule has 0 bridgehead atoms. The van der Waals surface area contributed by atoms with Crippen molar-refractivity contribution in [3.8, 4) is 5.75 Å². The fourth-order valence-corrected chi connectivity index (χ4v) is 2.37. The van der Waals surface area contributed by atoms with Crippen molar-refractivity contribution < 1.29 is 13.9 Å². The Hall–Kier alpha value is -1.62. The number of fused-ring (bicyclic) bond motifs is 1. The number of benzene rings is 2. The van der Waals surface area contributed by atoms with E-state index in [0.717, 1.165) is 35.5 Å². The molecule has 1 N–H and O–H groups in total. The molecule has 0 unspecified atom stereocenters. The van der Waals surface area contributed by atoms with Gasteiger partial charge < -0.3 is 14.8 Å². The maximum atomic E-state index is 13.1. The van der Waals surface area contributed by atoms with E-state index in [9.17, 15) is 4.39 Å². The molecule has 0 radical (unpaired) electrons. The van der Waals surface area contributed by atoms with Crippen molar-refractivity contribution in [1.82, 2.24) is 5.32 Å². The molecule has 2 aromatic carbocycles. The molecule has 0 aliphatic carbocycles. The van der Waals surface area contributed by atoms with Crippen molar-refractivity contribution in [2.45, 2.75) is 19.8 Å². The van der Waals surface area contributed by atoms with Gasteiger partial charge in [0, 0.05) is 18.7 Å². The van der Waals surface area contributed by atoms with Crippen molar-refractivity contribution in [1.29, 1.82) is 0 Å². The van der Waals surface area contributed by atoms with Gasteiger partial charge in [-0.3, -0.25) is 0 Å². The zero-order valence-electron chi connectivity index (χ0n) is 12.2. The van der Waals surface area contributed by atoms with E-state index in [0.29, 0.717) is 19.8 Å². The highest BCUT2D eigenvalue weighted by atomic mass is 35.5. The van der Waals surface area contributed by atoms with Gasteiger partial charge >= 0.3 is 0 Å². The first-order chi connectivity index (χ1) is 10.3. The lowest BCUT2D eigenvalue weighted by Crippen LogP contribution is -2.16. The van der Waals surface area contributed by atoms with E-state index >= 15 is 0 Å². The molecular weight excluding hydrogens is 305 g/mol. The first kappa shape index (κ1) is 16.7. The molecule has 1 heterocycles. The SMILES string of the molecule is Cl.Fc1cccc(COCc2ccc3c(c2)CNCCO3)c1. The molecule has 1 aliphatic rings. The summed E-state index contributed by atoms with van der Waals surface area (Å²) in [7, 11) is 0. The van der Waals surface area contributed by atoms with E-state index < -0.39 is 0 Å². The average molecular weight is 324 g/mol. The molecule has 0 saturated heterocycles. The lowest BCUT2D eigenvalue weighted by Gasteiger charge is -2.10. The summed E-state index contributed by atoms with van der Waals surface area (Å²) in [5.74, 6) is 0.707. The molecule has 3 nitrogen and oxygen atoms in total. The second-order valence-corrected chi connectivity index (χ2v) is 5.09. The van der Waals surface area contributed by atoms with Crippen molar-refractivity contribution in [3.63, 3.8) is 0 Å². The van der Waals surface area contributed by atoms with Crippen LogP contribution in [-0.4, -0.2) is 13.2 Å². The Balaban J connectivity index is 0.00000176. The van der Waals surface area contributed by atoms with E-state index in [2.05, 4.69) is 11.4 Å². The Kier molecular flexibility index (Phi) is 6.19. The number of halogens is 2. The molecule has 5 heteroatoms. The molecule has 0 spiro atoms. The summed E-state index contributed by atoms with van der Waals surface area (Å²) in [6, 6.07) is 12.6. The van der Waals surface area contributed by atoms with Crippen LogP contribution < -0.4 is 10.1 Å². The van der Waals surface area contributed by atoms with Gasteiger partial charge in [-0.2, -0.15) is 0 Å². The summed E-state index contributed by atoms with van der Waals surface area (Å²) >= 11 is 0. The lowest BCUT2D eigenvalue weighted by molar-refractivity contribution is 0.107. The Morgan fingerprint density at radius 3 is 2.73 bits per heavy atom. The fraction of sp³-hybridized carbons (Fsp3) is 0.294. The van der Waals surface area contributed by atoms with Gasteiger partial charge in [0.25, 0.3) is 0 Å². The van der Waals surface area contributed by atoms with Crippen LogP contribution in [0, 0.1) is 5.82 Å². The van der Waals surface area contributed by atoms with Crippen molar-refractivity contribution in [2.75, 3.05) is 13.2 Å². The topological polar surface area (TPSA) is 30.5 Å². The van der Waals surface area contributed by atoms with Gasteiger partial charge in [0.2, 0.25) is 0 Å². The predicted octanol–water partition coefficient (Wildman–Crippen LogP) is 3.45. The first-order valence-electron chi connectivity index (χ1n) is 7.09. The number of hydrogen-bond donors (Lipinski definition) is 1. The average Bonchev–Trinajstić information content (AvgIpc) is 2.72. The van der Waals surface area contributed by atoms with E-state index in [-0.39, 0.29) is 18.2 Å². The second-order valence-electron chi connectivity index (χ2n) is 5.09. The third-order valence-corrected chi connectivity index (χ3v) is 3.40. The van der Waals surface area contributed by atoms with Gasteiger partial charge in [0.05, 0.1) is 13.2 Å². The molecule has 22 heavy (non-hydrogen) atoms. The quantitative estimate of drug-likeness (QED) is 0.935. The molecule has 1 aliphatic heterocycles. The van der Waals surface area contributed by atoms with Crippen molar-refractivity contribution in [2.24, 2.45) is 0 Å². The monoisotopic (exact) mass is 323 g/mol. The summed E-state index contributed by atoms with van der Waals surface area (Å²) in [6.45, 7) is 3.28. The second kappa shape index (κ2) is 8.13. The largest absolute Gasteiger partial charge is 0.492 e. The highest BCUT2D eigenvalue weighted by Crippen LogP contribution is 2.22. The van der Waals surface area contributed by atoms with E-state index in [4.69, 9.17) is 9.47 Å². The van der Waals surface area contributed by atoms with Crippen LogP contribution in [0.5, 0.6) is 5.75 Å². The van der Waals surface area contributed by atoms with Gasteiger partial charge in [0.1, 0.15) is 18.2 Å². The van der Waals surface area contributed by atoms with E-state index in [1.54, 1.807) is 6.07 Å². The Morgan fingerprint density at radius 2 is 1.91 bits per heavy atom. The molecule has 118 valence electrons. The molecule has 0 amide bonds. The van der Waals surface area contributed by atoms with Crippen LogP contribution in [0.15, 0.2) is 42.5 Å². The summed E-state index contributed by atoms with van der Waals surface area (Å²) in [5, 5.41) is 3.31.